The van der Waals surface area contributed by atoms with Gasteiger partial charge in [-0.05, 0) is 56.7 Å². The maximum atomic E-state index is 10.0. The number of methoxy groups -OCH3 is 1. The molecule has 5 heterocycles. The van der Waals surface area contributed by atoms with Gasteiger partial charge in [0.1, 0.15) is 6.33 Å². The molecule has 0 atom stereocenters. The minimum atomic E-state index is -0.626. The Labute approximate surface area is 200 Å². The first kappa shape index (κ1) is 22.8. The van der Waals surface area contributed by atoms with Crippen LogP contribution in [-0.2, 0) is 6.42 Å². The maximum Gasteiger partial charge on any atom is 0.197 e. The molecular weight excluding hydrogens is 428 g/mol. The number of pyridine rings is 2. The van der Waals surface area contributed by atoms with Gasteiger partial charge >= 0.3 is 0 Å². The van der Waals surface area contributed by atoms with E-state index in [0.717, 1.165) is 60.5 Å². The third-order valence-electron chi connectivity index (χ3n) is 6.62. The standard InChI is InChI=1S/C26H34N6O2/c1-16(2)22-23(18-10-21(34-5)25-27-15-28-32(25)13-18)30-20-9-8-19(29-24(20)22)7-6-17-11-31(12-17)14-26(3,4)33/h8-10,13,15-17,30,33H,6-7,11-12,14H2,1-5H3. The number of aromatic nitrogens is 5. The average molecular weight is 463 g/mol. The van der Waals surface area contributed by atoms with Crippen LogP contribution >= 0.6 is 0 Å². The van der Waals surface area contributed by atoms with Crippen LogP contribution in [0, 0.1) is 5.92 Å². The van der Waals surface area contributed by atoms with Crippen LogP contribution in [-0.4, -0.2) is 66.9 Å². The lowest BCUT2D eigenvalue weighted by Gasteiger charge is -2.42. The van der Waals surface area contributed by atoms with Crippen molar-refractivity contribution < 1.29 is 9.84 Å². The molecule has 0 radical (unpaired) electrons. The van der Waals surface area contributed by atoms with Crippen LogP contribution in [0.25, 0.3) is 27.9 Å². The zero-order chi connectivity index (χ0) is 24.0. The fourth-order valence-electron chi connectivity index (χ4n) is 5.13. The van der Waals surface area contributed by atoms with Crippen molar-refractivity contribution in [3.8, 4) is 17.0 Å². The zero-order valence-electron chi connectivity index (χ0n) is 20.7. The van der Waals surface area contributed by atoms with E-state index in [4.69, 9.17) is 9.72 Å². The summed E-state index contributed by atoms with van der Waals surface area (Å²) in [4.78, 5) is 15.3. The number of ether oxygens (including phenoxy) is 1. The molecule has 0 saturated carbocycles. The Morgan fingerprint density at radius 1 is 1.26 bits per heavy atom. The summed E-state index contributed by atoms with van der Waals surface area (Å²) >= 11 is 0. The fourth-order valence-corrected chi connectivity index (χ4v) is 5.13. The highest BCUT2D eigenvalue weighted by atomic mass is 16.5. The third kappa shape index (κ3) is 4.40. The number of H-pyrrole nitrogens is 1. The number of fused-ring (bicyclic) bond motifs is 2. The smallest absolute Gasteiger partial charge is 0.197 e. The summed E-state index contributed by atoms with van der Waals surface area (Å²) in [6.07, 6.45) is 5.61. The Morgan fingerprint density at radius 2 is 2.06 bits per heavy atom. The second-order valence-electron chi connectivity index (χ2n) is 10.5. The van der Waals surface area contributed by atoms with Crippen LogP contribution in [0.15, 0.2) is 30.7 Å². The second kappa shape index (κ2) is 8.67. The fraction of sp³-hybridized carbons (Fsp3) is 0.500. The van der Waals surface area contributed by atoms with Crippen molar-refractivity contribution in [1.29, 1.82) is 0 Å². The van der Waals surface area contributed by atoms with Gasteiger partial charge in [0.25, 0.3) is 0 Å². The van der Waals surface area contributed by atoms with Crippen LogP contribution in [0.4, 0.5) is 0 Å². The molecule has 1 saturated heterocycles. The molecule has 8 heteroatoms. The number of nitrogens with one attached hydrogen (secondary N) is 1. The summed E-state index contributed by atoms with van der Waals surface area (Å²) in [5, 5.41) is 14.3. The van der Waals surface area contributed by atoms with Gasteiger partial charge in [-0.25, -0.2) is 9.50 Å². The van der Waals surface area contributed by atoms with Crippen LogP contribution in [0.3, 0.4) is 0 Å². The van der Waals surface area contributed by atoms with Crippen molar-refractivity contribution in [2.45, 2.75) is 52.1 Å². The van der Waals surface area contributed by atoms with Crippen molar-refractivity contribution in [3.05, 3.63) is 42.0 Å². The number of hydrogen-bond donors (Lipinski definition) is 2. The summed E-state index contributed by atoms with van der Waals surface area (Å²) in [6, 6.07) is 6.30. The van der Waals surface area contributed by atoms with E-state index in [1.165, 1.54) is 11.9 Å². The Morgan fingerprint density at radius 3 is 2.76 bits per heavy atom. The lowest BCUT2D eigenvalue weighted by Crippen LogP contribution is -2.52. The predicted octanol–water partition coefficient (Wildman–Crippen LogP) is 4.04. The number of nitrogens with zero attached hydrogens (tertiary/aromatic N) is 5. The van der Waals surface area contributed by atoms with E-state index in [9.17, 15) is 5.11 Å². The van der Waals surface area contributed by atoms with E-state index in [-0.39, 0.29) is 0 Å². The van der Waals surface area contributed by atoms with Gasteiger partial charge < -0.3 is 14.8 Å². The monoisotopic (exact) mass is 462 g/mol. The van der Waals surface area contributed by atoms with Gasteiger partial charge in [0.15, 0.2) is 11.4 Å². The summed E-state index contributed by atoms with van der Waals surface area (Å²) in [5.41, 5.74) is 6.54. The van der Waals surface area contributed by atoms with Gasteiger partial charge in [-0.2, -0.15) is 5.10 Å². The first-order chi connectivity index (χ1) is 16.2. The third-order valence-corrected chi connectivity index (χ3v) is 6.62. The van der Waals surface area contributed by atoms with Gasteiger partial charge in [-0.3, -0.25) is 9.88 Å². The van der Waals surface area contributed by atoms with E-state index in [1.54, 1.807) is 11.6 Å². The number of hydrogen-bond acceptors (Lipinski definition) is 6. The first-order valence-corrected chi connectivity index (χ1v) is 12.1. The molecule has 5 rings (SSSR count). The summed E-state index contributed by atoms with van der Waals surface area (Å²) < 4.78 is 7.33. The summed E-state index contributed by atoms with van der Waals surface area (Å²) in [6.45, 7) is 11.0. The summed E-state index contributed by atoms with van der Waals surface area (Å²) in [7, 11) is 1.65. The molecule has 0 spiro atoms. The lowest BCUT2D eigenvalue weighted by molar-refractivity contribution is -0.00927. The number of likely N-dealkylation sites (tertiary alicyclic amines) is 1. The molecule has 180 valence electrons. The first-order valence-electron chi connectivity index (χ1n) is 12.1. The number of aryl methyl sites for hydroxylation is 1. The number of β-amino-alcohol motifs (C(OH)–C–C–N with tert-alkyl or cyclic N) is 1. The normalized spacial score (nSPS) is 15.5. The summed E-state index contributed by atoms with van der Waals surface area (Å²) in [5.74, 6) is 1.66. The van der Waals surface area contributed by atoms with Crippen LogP contribution < -0.4 is 4.74 Å². The molecule has 4 aromatic heterocycles. The Balaban J connectivity index is 1.40. The molecule has 0 unspecified atom stereocenters. The van der Waals surface area contributed by atoms with E-state index < -0.39 is 5.60 Å². The lowest BCUT2D eigenvalue weighted by atomic mass is 9.92. The quantitative estimate of drug-likeness (QED) is 0.411. The molecule has 1 fully saturated rings. The van der Waals surface area contributed by atoms with Gasteiger partial charge in [0.05, 0.1) is 29.4 Å². The topological polar surface area (TPSA) is 91.6 Å². The molecule has 8 nitrogen and oxygen atoms in total. The molecule has 0 aromatic carbocycles. The molecule has 0 bridgehead atoms. The number of rotatable bonds is 8. The Kier molecular flexibility index (Phi) is 5.81. The zero-order valence-corrected chi connectivity index (χ0v) is 20.7. The molecule has 1 aliphatic heterocycles. The van der Waals surface area contributed by atoms with Gasteiger partial charge in [0, 0.05) is 42.7 Å². The molecule has 2 N–H and O–H groups in total. The van der Waals surface area contributed by atoms with Crippen molar-refractivity contribution in [2.24, 2.45) is 5.92 Å². The van der Waals surface area contributed by atoms with Gasteiger partial charge in [-0.15, -0.1) is 0 Å². The van der Waals surface area contributed by atoms with Crippen LogP contribution in [0.5, 0.6) is 5.75 Å². The minimum Gasteiger partial charge on any atom is -0.493 e. The van der Waals surface area contributed by atoms with Crippen molar-refractivity contribution in [2.75, 3.05) is 26.7 Å². The molecule has 4 aromatic rings. The second-order valence-corrected chi connectivity index (χ2v) is 10.5. The van der Waals surface area contributed by atoms with E-state index in [2.05, 4.69) is 45.9 Å². The highest BCUT2D eigenvalue weighted by molar-refractivity contribution is 5.89. The van der Waals surface area contributed by atoms with E-state index in [0.29, 0.717) is 23.2 Å². The molecule has 34 heavy (non-hydrogen) atoms. The Hall–Kier alpha value is -2.97. The molecule has 1 aliphatic rings. The molecular formula is C26H34N6O2. The Bertz CT molecular complexity index is 1310. The molecule has 0 amide bonds. The van der Waals surface area contributed by atoms with Crippen molar-refractivity contribution >= 4 is 16.7 Å². The van der Waals surface area contributed by atoms with Crippen LogP contribution in [0.1, 0.15) is 51.3 Å². The van der Waals surface area contributed by atoms with E-state index in [1.807, 2.05) is 26.1 Å². The highest BCUT2D eigenvalue weighted by Crippen LogP contribution is 2.36. The number of aromatic amines is 1. The molecule has 0 aliphatic carbocycles. The van der Waals surface area contributed by atoms with Crippen molar-refractivity contribution in [1.82, 2.24) is 29.5 Å². The van der Waals surface area contributed by atoms with Gasteiger partial charge in [0.2, 0.25) is 0 Å². The number of aliphatic hydroxyl groups is 1. The van der Waals surface area contributed by atoms with E-state index >= 15 is 0 Å². The largest absolute Gasteiger partial charge is 0.493 e. The van der Waals surface area contributed by atoms with Crippen LogP contribution in [0.2, 0.25) is 0 Å². The van der Waals surface area contributed by atoms with Gasteiger partial charge in [-0.1, -0.05) is 13.8 Å². The maximum absolute atomic E-state index is 10.0. The minimum absolute atomic E-state index is 0.297. The average Bonchev–Trinajstić information content (AvgIpc) is 3.37. The SMILES string of the molecule is COc1cc(-c2[nH]c3ccc(CCC4CN(CC(C)(C)O)C4)nc3c2C(C)C)cn2ncnc12. The van der Waals surface area contributed by atoms with Crippen molar-refractivity contribution in [3.63, 3.8) is 0 Å². The highest BCUT2D eigenvalue weighted by Gasteiger charge is 2.30. The predicted molar refractivity (Wildman–Crippen MR) is 133 cm³/mol.